The minimum atomic E-state index is -1.19. The van der Waals surface area contributed by atoms with Crippen LogP contribution in [0.5, 0.6) is 0 Å². The van der Waals surface area contributed by atoms with Gasteiger partial charge in [0.15, 0.2) is 0 Å². The minimum Gasteiger partial charge on any atom is -0.480 e. The number of nitrogens with two attached hydrogens (primary N) is 1. The maximum atomic E-state index is 11.5. The number of thioether (sulfide) groups is 2. The number of carboxylic acid groups (broad SMARTS) is 2. The molecule has 2 atom stereocenters. The van der Waals surface area contributed by atoms with E-state index in [2.05, 4.69) is 64.5 Å². The lowest BCUT2D eigenvalue weighted by Crippen LogP contribution is -2.43. The zero-order valence-corrected chi connectivity index (χ0v) is 39.4. The molecular formula is C35H58N2O5S11. The van der Waals surface area contributed by atoms with Gasteiger partial charge in [-0.1, -0.05) is 119 Å². The Bertz CT molecular complexity index is 937. The fraction of sp³-hybridized carbons (Fsp3) is 0.400. The van der Waals surface area contributed by atoms with Crippen LogP contribution in [-0.2, 0) is 14.4 Å². The third-order valence-electron chi connectivity index (χ3n) is 4.04. The number of hydrogen-bond donors (Lipinski definition) is 4. The molecule has 2 unspecified atom stereocenters. The molecule has 0 aromatic rings. The van der Waals surface area contributed by atoms with E-state index in [9.17, 15) is 14.4 Å². The Morgan fingerprint density at radius 2 is 0.849 bits per heavy atom. The lowest BCUT2D eigenvalue weighted by Gasteiger charge is -2.14. The molecule has 0 aliphatic heterocycles. The van der Waals surface area contributed by atoms with E-state index >= 15 is 0 Å². The number of carbonyl (C=O) groups excluding carboxylic acids is 1. The predicted octanol–water partition coefficient (Wildman–Crippen LogP) is 11.9. The van der Waals surface area contributed by atoms with Crippen molar-refractivity contribution in [3.8, 4) is 0 Å². The average molecular weight is 940 g/mol. The van der Waals surface area contributed by atoms with Crippen LogP contribution in [-0.4, -0.2) is 97.7 Å². The van der Waals surface area contributed by atoms with Crippen molar-refractivity contribution in [3.63, 3.8) is 0 Å². The van der Waals surface area contributed by atoms with Crippen LogP contribution in [0.4, 0.5) is 0 Å². The molecule has 0 aliphatic carbocycles. The highest BCUT2D eigenvalue weighted by Gasteiger charge is 2.20. The van der Waals surface area contributed by atoms with Crippen LogP contribution in [0.1, 0.15) is 12.8 Å². The monoisotopic (exact) mass is 938 g/mol. The average Bonchev–Trinajstić information content (AvgIpc) is 3.14. The van der Waals surface area contributed by atoms with Crippen molar-refractivity contribution in [1.29, 1.82) is 0 Å². The lowest BCUT2D eigenvalue weighted by molar-refractivity contribution is -0.141. The summed E-state index contributed by atoms with van der Waals surface area (Å²) in [7, 11) is 16.2. The van der Waals surface area contributed by atoms with Crippen molar-refractivity contribution >= 4 is 136 Å². The third kappa shape index (κ3) is 67.0. The molecule has 0 aliphatic rings. The summed E-state index contributed by atoms with van der Waals surface area (Å²) in [6.45, 7) is 32.3. The summed E-state index contributed by atoms with van der Waals surface area (Å²) < 4.78 is 0. The van der Waals surface area contributed by atoms with Gasteiger partial charge in [0, 0.05) is 63.9 Å². The van der Waals surface area contributed by atoms with E-state index in [0.29, 0.717) is 5.75 Å². The molecule has 18 heteroatoms. The summed E-state index contributed by atoms with van der Waals surface area (Å²) in [6, 6.07) is -2.12. The van der Waals surface area contributed by atoms with E-state index < -0.39 is 29.9 Å². The Hall–Kier alpha value is -0.120. The molecule has 0 rings (SSSR count). The molecule has 7 nitrogen and oxygen atoms in total. The second-order valence-electron chi connectivity index (χ2n) is 8.53. The van der Waals surface area contributed by atoms with Crippen molar-refractivity contribution in [1.82, 2.24) is 5.32 Å². The number of hydrogen-bond acceptors (Lipinski definition) is 15. The molecule has 0 bridgehead atoms. The molecule has 0 radical (unpaired) electrons. The Morgan fingerprint density at radius 3 is 1.19 bits per heavy atom. The fourth-order valence-corrected chi connectivity index (χ4v) is 13.2. The Morgan fingerprint density at radius 1 is 0.509 bits per heavy atom. The van der Waals surface area contributed by atoms with Gasteiger partial charge < -0.3 is 21.3 Å². The third-order valence-corrected chi connectivity index (χ3v) is 18.6. The molecule has 1 amide bonds. The van der Waals surface area contributed by atoms with Crippen molar-refractivity contribution in [2.75, 3.05) is 57.5 Å². The van der Waals surface area contributed by atoms with Crippen LogP contribution < -0.4 is 11.1 Å². The SMILES string of the molecule is C=CCSCC(NC(=O)CCC(N)C(=O)O)C(=O)O.C=CCSCC=C.C=CCSSCC=C.C=CCSSSCC=C.C=CCSSSSCC=C. The summed E-state index contributed by atoms with van der Waals surface area (Å²) in [5.74, 6) is 6.17. The molecule has 0 saturated carbocycles. The predicted molar refractivity (Wildman–Crippen MR) is 268 cm³/mol. The van der Waals surface area contributed by atoms with Gasteiger partial charge in [-0.05, 0) is 35.9 Å². The minimum absolute atomic E-state index is 0.0344. The standard InChI is InChI=1S/C11H18N2O5S.C6H10S4.C6H10S3.C6H10S2.C6H10S/c1-2-5-19-6-8(11(17)18)13-9(14)4-3-7(12)10(15)16;1-3-5-7-9-10-8-6-4-2;1-3-5-7-9-8-6-4-2;1-3-5-7-8-6-4-2;1-3-5-7-6-4-2/h2,7-8H,1,3-6,12H2,(H,13,14)(H,15,16)(H,17,18);3-4H,1-2,5-6H2;3-4H,1-2,5-6H2;3-4H,1-2,5-6H2;3-4H,1-2,5-6H2. The summed E-state index contributed by atoms with van der Waals surface area (Å²) in [5.41, 5.74) is 5.24. The summed E-state index contributed by atoms with van der Waals surface area (Å²) in [6.07, 6.45) is 16.7. The van der Waals surface area contributed by atoms with Crippen molar-refractivity contribution in [3.05, 3.63) is 114 Å². The second kappa shape index (κ2) is 58.6. The number of nitrogens with one attached hydrogen (secondary N) is 1. The highest BCUT2D eigenvalue weighted by atomic mass is 33.7. The lowest BCUT2D eigenvalue weighted by atomic mass is 10.1. The largest absolute Gasteiger partial charge is 0.480 e. The summed E-state index contributed by atoms with van der Waals surface area (Å²) in [5, 5.41) is 19.8. The molecule has 5 N–H and O–H groups in total. The smallest absolute Gasteiger partial charge is 0.327 e. The van der Waals surface area contributed by atoms with Gasteiger partial charge >= 0.3 is 11.9 Å². The zero-order valence-electron chi connectivity index (χ0n) is 30.4. The van der Waals surface area contributed by atoms with Crippen LogP contribution in [0, 0.1) is 0 Å². The highest BCUT2D eigenvalue weighted by molar-refractivity contribution is 9.26. The van der Waals surface area contributed by atoms with Gasteiger partial charge in [0.2, 0.25) is 5.91 Å². The van der Waals surface area contributed by atoms with Crippen molar-refractivity contribution < 1.29 is 24.6 Å². The molecule has 0 fully saturated rings. The van der Waals surface area contributed by atoms with Gasteiger partial charge in [0.25, 0.3) is 0 Å². The molecule has 304 valence electrons. The van der Waals surface area contributed by atoms with Crippen LogP contribution in [0.15, 0.2) is 114 Å². The molecule has 0 heterocycles. The van der Waals surface area contributed by atoms with Crippen molar-refractivity contribution in [2.24, 2.45) is 5.73 Å². The van der Waals surface area contributed by atoms with Gasteiger partial charge in [0.05, 0.1) is 0 Å². The molecule has 0 aromatic carbocycles. The van der Waals surface area contributed by atoms with Gasteiger partial charge in [-0.2, -0.15) is 23.5 Å². The first-order valence-electron chi connectivity index (χ1n) is 15.4. The Balaban J connectivity index is -0.000000193. The fourth-order valence-electron chi connectivity index (χ4n) is 1.92. The molecule has 0 spiro atoms. The van der Waals surface area contributed by atoms with E-state index in [1.807, 2.05) is 82.0 Å². The number of amides is 1. The first kappa shape index (κ1) is 62.1. The van der Waals surface area contributed by atoms with Crippen molar-refractivity contribution in [2.45, 2.75) is 24.9 Å². The van der Waals surface area contributed by atoms with Gasteiger partial charge in [0.1, 0.15) is 12.1 Å². The first-order valence-corrected chi connectivity index (χ1v) is 29.2. The van der Waals surface area contributed by atoms with Crippen LogP contribution in [0.3, 0.4) is 0 Å². The molecular weight excluding hydrogens is 881 g/mol. The Kier molecular flexibility index (Phi) is 68.6. The topological polar surface area (TPSA) is 130 Å². The maximum Gasteiger partial charge on any atom is 0.327 e. The van der Waals surface area contributed by atoms with Crippen LogP contribution in [0.2, 0.25) is 0 Å². The van der Waals surface area contributed by atoms with Gasteiger partial charge in [-0.25, -0.2) is 4.79 Å². The number of aliphatic carboxylic acids is 2. The van der Waals surface area contributed by atoms with E-state index in [4.69, 9.17) is 15.9 Å². The number of carbonyl (C=O) groups is 3. The van der Waals surface area contributed by atoms with E-state index in [1.165, 1.54) is 11.8 Å². The second-order valence-corrected chi connectivity index (χ2v) is 23.6. The normalized spacial score (nSPS) is 10.4. The molecule has 0 aromatic heterocycles. The first-order chi connectivity index (χ1) is 25.5. The highest BCUT2D eigenvalue weighted by Crippen LogP contribution is 2.42. The number of rotatable bonds is 32. The number of carboxylic acids is 2. The van der Waals surface area contributed by atoms with E-state index in [1.54, 1.807) is 78.7 Å². The van der Waals surface area contributed by atoms with Gasteiger partial charge in [-0.3, -0.25) is 9.59 Å². The molecule has 53 heavy (non-hydrogen) atoms. The zero-order chi connectivity index (χ0) is 41.2. The van der Waals surface area contributed by atoms with Gasteiger partial charge in [-0.15, -0.1) is 59.2 Å². The maximum absolute atomic E-state index is 11.5. The van der Waals surface area contributed by atoms with Crippen LogP contribution in [0.25, 0.3) is 0 Å². The molecule has 0 saturated heterocycles. The van der Waals surface area contributed by atoms with Crippen LogP contribution >= 0.6 is 118 Å². The Labute approximate surface area is 364 Å². The quantitative estimate of drug-likeness (QED) is 0.0290. The summed E-state index contributed by atoms with van der Waals surface area (Å²) >= 11 is 3.15. The van der Waals surface area contributed by atoms with E-state index in [-0.39, 0.29) is 18.6 Å². The summed E-state index contributed by atoms with van der Waals surface area (Å²) in [4.78, 5) is 32.8. The van der Waals surface area contributed by atoms with E-state index in [0.717, 1.165) is 46.0 Å².